The maximum atomic E-state index is 12.1. The zero-order valence-corrected chi connectivity index (χ0v) is 20.0. The van der Waals surface area contributed by atoms with Crippen LogP contribution in [0, 0.1) is 4.77 Å². The van der Waals surface area contributed by atoms with Gasteiger partial charge in [-0.25, -0.2) is 4.68 Å². The number of para-hydroxylation sites is 2. The molecule has 0 amide bonds. The molecule has 2 aromatic carbocycles. The maximum absolute atomic E-state index is 12.1. The van der Waals surface area contributed by atoms with Gasteiger partial charge in [0.1, 0.15) is 5.75 Å². The van der Waals surface area contributed by atoms with Gasteiger partial charge in [0.15, 0.2) is 5.82 Å². The van der Waals surface area contributed by atoms with Crippen molar-refractivity contribution < 1.29 is 14.3 Å². The number of nitrogens with zero attached hydrogens (tertiary/aromatic N) is 4. The first-order chi connectivity index (χ1) is 16.1. The average molecular weight is 481 g/mol. The molecule has 7 nitrogen and oxygen atoms in total. The lowest BCUT2D eigenvalue weighted by Gasteiger charge is -2.21. The van der Waals surface area contributed by atoms with E-state index in [0.717, 1.165) is 22.0 Å². The number of rotatable bonds is 9. The molecule has 0 fully saturated rings. The van der Waals surface area contributed by atoms with Crippen molar-refractivity contribution in [2.75, 3.05) is 20.8 Å². The van der Waals surface area contributed by atoms with Gasteiger partial charge in [0.2, 0.25) is 4.77 Å². The molecule has 9 heteroatoms. The number of carbonyl (C=O) groups excluding carboxylic acids is 1. The Morgan fingerprint density at radius 2 is 1.82 bits per heavy atom. The fraction of sp³-hybridized carbons (Fsp3) is 0.208. The highest BCUT2D eigenvalue weighted by atomic mass is 32.1. The molecule has 0 atom stereocenters. The van der Waals surface area contributed by atoms with Gasteiger partial charge in [-0.2, -0.15) is 0 Å². The van der Waals surface area contributed by atoms with Gasteiger partial charge in [-0.1, -0.05) is 48.5 Å². The Kier molecular flexibility index (Phi) is 7.33. The minimum absolute atomic E-state index is 0.114. The number of hydrogen-bond acceptors (Lipinski definition) is 7. The van der Waals surface area contributed by atoms with Crippen molar-refractivity contribution in [3.05, 3.63) is 82.4 Å². The van der Waals surface area contributed by atoms with Gasteiger partial charge in [-0.3, -0.25) is 14.3 Å². The number of carbonyl (C=O) groups is 1. The molecule has 170 valence electrons. The smallest absolute Gasteiger partial charge is 0.319 e. The lowest BCUT2D eigenvalue weighted by molar-refractivity contribution is -0.142. The van der Waals surface area contributed by atoms with Crippen LogP contribution in [-0.4, -0.2) is 46.0 Å². The van der Waals surface area contributed by atoms with Gasteiger partial charge in [0.25, 0.3) is 0 Å². The number of hydrogen-bond donors (Lipinski definition) is 0. The van der Waals surface area contributed by atoms with Crippen LogP contribution < -0.4 is 4.74 Å². The summed E-state index contributed by atoms with van der Waals surface area (Å²) in [6.07, 6.45) is 0. The summed E-state index contributed by atoms with van der Waals surface area (Å²) in [6.45, 7) is 0.986. The zero-order chi connectivity index (χ0) is 23.2. The second-order valence-electron chi connectivity index (χ2n) is 7.28. The summed E-state index contributed by atoms with van der Waals surface area (Å²) in [7, 11) is 3.02. The molecule has 0 saturated carbocycles. The molecule has 0 aliphatic rings. The van der Waals surface area contributed by atoms with E-state index in [9.17, 15) is 4.79 Å². The van der Waals surface area contributed by atoms with Crippen LogP contribution in [0.25, 0.3) is 16.4 Å². The minimum atomic E-state index is -0.319. The fourth-order valence-corrected chi connectivity index (χ4v) is 4.51. The Labute approximate surface area is 201 Å². The Hall–Kier alpha value is -3.27. The first-order valence-electron chi connectivity index (χ1n) is 10.3. The van der Waals surface area contributed by atoms with E-state index in [4.69, 9.17) is 26.8 Å². The average Bonchev–Trinajstić information content (AvgIpc) is 3.48. The predicted octanol–water partition coefficient (Wildman–Crippen LogP) is 4.77. The zero-order valence-electron chi connectivity index (χ0n) is 18.4. The highest BCUT2D eigenvalue weighted by molar-refractivity contribution is 7.71. The molecule has 0 unspecified atom stereocenters. The van der Waals surface area contributed by atoms with E-state index < -0.39 is 0 Å². The molecule has 0 spiro atoms. The second kappa shape index (κ2) is 10.6. The summed E-state index contributed by atoms with van der Waals surface area (Å²) in [5.41, 5.74) is 1.89. The molecule has 2 heterocycles. The van der Waals surface area contributed by atoms with Crippen LogP contribution in [-0.2, 0) is 22.7 Å². The second-order valence-corrected chi connectivity index (χ2v) is 8.59. The van der Waals surface area contributed by atoms with E-state index in [2.05, 4.69) is 0 Å². The van der Waals surface area contributed by atoms with E-state index in [-0.39, 0.29) is 12.5 Å². The third-order valence-corrected chi connectivity index (χ3v) is 6.33. The van der Waals surface area contributed by atoms with E-state index in [0.29, 0.717) is 23.7 Å². The molecular formula is C24H24N4O3S2. The lowest BCUT2D eigenvalue weighted by Crippen LogP contribution is -2.32. The molecule has 0 bridgehead atoms. The van der Waals surface area contributed by atoms with E-state index >= 15 is 0 Å². The molecule has 4 rings (SSSR count). The summed E-state index contributed by atoms with van der Waals surface area (Å²) < 4.78 is 14.7. The summed E-state index contributed by atoms with van der Waals surface area (Å²) >= 11 is 7.46. The number of methoxy groups -OCH3 is 2. The summed E-state index contributed by atoms with van der Waals surface area (Å²) in [6, 6.07) is 21.6. The monoisotopic (exact) mass is 480 g/mol. The van der Waals surface area contributed by atoms with Crippen LogP contribution in [0.5, 0.6) is 5.75 Å². The quantitative estimate of drug-likeness (QED) is 0.254. The van der Waals surface area contributed by atoms with Crippen LogP contribution in [0.2, 0.25) is 0 Å². The van der Waals surface area contributed by atoms with Crippen LogP contribution in [0.15, 0.2) is 72.1 Å². The Balaban J connectivity index is 1.76. The number of benzene rings is 2. The van der Waals surface area contributed by atoms with Gasteiger partial charge < -0.3 is 9.47 Å². The fourth-order valence-electron chi connectivity index (χ4n) is 3.53. The number of thiophene rings is 1. The third kappa shape index (κ3) is 5.22. The SMILES string of the molecule is COC(=O)CN(Cc1ccccc1)Cn1nc(-c2cccs2)n(-c2ccccc2OC)c1=S. The van der Waals surface area contributed by atoms with Crippen molar-refractivity contribution in [2.45, 2.75) is 13.2 Å². The van der Waals surface area contributed by atoms with Crippen molar-refractivity contribution in [3.63, 3.8) is 0 Å². The van der Waals surface area contributed by atoms with Gasteiger partial charge in [-0.05, 0) is 41.4 Å². The molecule has 33 heavy (non-hydrogen) atoms. The molecule has 0 aliphatic heterocycles. The predicted molar refractivity (Wildman–Crippen MR) is 131 cm³/mol. The lowest BCUT2D eigenvalue weighted by atomic mass is 10.2. The van der Waals surface area contributed by atoms with E-state index in [1.165, 1.54) is 7.11 Å². The molecule has 0 aliphatic carbocycles. The van der Waals surface area contributed by atoms with Crippen molar-refractivity contribution >= 4 is 29.5 Å². The third-order valence-electron chi connectivity index (χ3n) is 5.07. The van der Waals surface area contributed by atoms with Gasteiger partial charge >= 0.3 is 5.97 Å². The van der Waals surface area contributed by atoms with Crippen LogP contribution >= 0.6 is 23.6 Å². The number of esters is 1. The van der Waals surface area contributed by atoms with Crippen molar-refractivity contribution in [1.82, 2.24) is 19.2 Å². The van der Waals surface area contributed by atoms with Crippen molar-refractivity contribution in [2.24, 2.45) is 0 Å². The first-order valence-corrected chi connectivity index (χ1v) is 11.6. The van der Waals surface area contributed by atoms with Crippen molar-refractivity contribution in [3.8, 4) is 22.1 Å². The topological polar surface area (TPSA) is 61.5 Å². The maximum Gasteiger partial charge on any atom is 0.319 e. The van der Waals surface area contributed by atoms with Gasteiger partial charge in [-0.15, -0.1) is 16.4 Å². The number of ether oxygens (including phenoxy) is 2. The standard InChI is InChI=1S/C24H24N4O3S2/c1-30-20-12-7-6-11-19(20)28-23(21-13-8-14-33-21)25-27(24(28)32)17-26(16-22(29)31-2)15-18-9-4-3-5-10-18/h3-14H,15-17H2,1-2H3. The highest BCUT2D eigenvalue weighted by Crippen LogP contribution is 2.30. The number of aromatic nitrogens is 3. The van der Waals surface area contributed by atoms with Crippen LogP contribution in [0.3, 0.4) is 0 Å². The molecule has 2 aromatic heterocycles. The highest BCUT2D eigenvalue weighted by Gasteiger charge is 2.20. The van der Waals surface area contributed by atoms with Crippen LogP contribution in [0.4, 0.5) is 0 Å². The van der Waals surface area contributed by atoms with Crippen LogP contribution in [0.1, 0.15) is 5.56 Å². The molecule has 0 N–H and O–H groups in total. The van der Waals surface area contributed by atoms with Crippen molar-refractivity contribution in [1.29, 1.82) is 0 Å². The molecule has 4 aromatic rings. The Morgan fingerprint density at radius 1 is 1.06 bits per heavy atom. The summed E-state index contributed by atoms with van der Waals surface area (Å²) in [4.78, 5) is 15.0. The van der Waals surface area contributed by atoms with Gasteiger partial charge in [0.05, 0.1) is 38.0 Å². The molecule has 0 radical (unpaired) electrons. The van der Waals surface area contributed by atoms with Gasteiger partial charge in [0, 0.05) is 6.54 Å². The molecule has 0 saturated heterocycles. The summed E-state index contributed by atoms with van der Waals surface area (Å²) in [5, 5.41) is 6.86. The Morgan fingerprint density at radius 3 is 2.52 bits per heavy atom. The van der Waals surface area contributed by atoms with E-state index in [1.807, 2.05) is 81.6 Å². The summed E-state index contributed by atoms with van der Waals surface area (Å²) in [5.74, 6) is 1.10. The first kappa shape index (κ1) is 22.9. The van der Waals surface area contributed by atoms with E-state index in [1.54, 1.807) is 23.1 Å². The minimum Gasteiger partial charge on any atom is -0.495 e. The molecular weight excluding hydrogens is 456 g/mol. The largest absolute Gasteiger partial charge is 0.495 e. The Bertz CT molecular complexity index is 1270. The normalized spacial score (nSPS) is 11.0.